The molecule has 0 radical (unpaired) electrons. The Kier molecular flexibility index (Phi) is 5.25. The fourth-order valence-corrected chi connectivity index (χ4v) is 3.39. The number of fused-ring (bicyclic) bond motifs is 1. The minimum absolute atomic E-state index is 0.0625. The first-order valence-corrected chi connectivity index (χ1v) is 7.72. The lowest BCUT2D eigenvalue weighted by atomic mass is 10.0. The molecule has 0 spiro atoms. The number of likely N-dealkylation sites (N-methyl/N-ethyl adjacent to an activating group) is 1. The van der Waals surface area contributed by atoms with Crippen molar-refractivity contribution in [1.82, 2.24) is 10.2 Å². The van der Waals surface area contributed by atoms with Gasteiger partial charge >= 0.3 is 6.03 Å². The first-order valence-electron chi connectivity index (χ1n) is 6.74. The lowest BCUT2D eigenvalue weighted by Crippen LogP contribution is -2.43. The van der Waals surface area contributed by atoms with Gasteiger partial charge in [-0.3, -0.25) is 0 Å². The van der Waals surface area contributed by atoms with Crippen molar-refractivity contribution >= 4 is 17.8 Å². The van der Waals surface area contributed by atoms with Crippen LogP contribution in [0.3, 0.4) is 0 Å². The van der Waals surface area contributed by atoms with E-state index in [1.165, 1.54) is 12.1 Å². The molecular weight excluding hydrogens is 279 g/mol. The molecule has 6 heteroatoms. The lowest BCUT2D eigenvalue weighted by molar-refractivity contribution is 0.176. The van der Waals surface area contributed by atoms with Crippen LogP contribution in [0.1, 0.15) is 24.9 Å². The number of rotatable bonds is 4. The van der Waals surface area contributed by atoms with Crippen LogP contribution in [-0.2, 0) is 0 Å². The number of hydrogen-bond donors (Lipinski definition) is 2. The summed E-state index contributed by atoms with van der Waals surface area (Å²) in [6, 6.07) is 4.32. The second kappa shape index (κ2) is 6.95. The third-order valence-electron chi connectivity index (χ3n) is 3.35. The number of hydrogen-bond acceptors (Lipinski definition) is 3. The Morgan fingerprint density at radius 2 is 2.40 bits per heavy atom. The third-order valence-corrected chi connectivity index (χ3v) is 4.47. The van der Waals surface area contributed by atoms with Crippen LogP contribution in [0.25, 0.3) is 0 Å². The predicted octanol–water partition coefficient (Wildman–Crippen LogP) is 2.39. The zero-order chi connectivity index (χ0) is 14.5. The van der Waals surface area contributed by atoms with E-state index in [0.717, 1.165) is 22.6 Å². The molecule has 0 fully saturated rings. The Balaban J connectivity index is 2.11. The summed E-state index contributed by atoms with van der Waals surface area (Å²) in [4.78, 5) is 14.7. The number of nitrogens with one attached hydrogen (secondary N) is 1. The SMILES string of the molecule is CCN(CCO)C(=O)NC1CCSc2ccc(F)cc21. The molecule has 1 heterocycles. The number of benzene rings is 1. The number of aliphatic hydroxyl groups excluding tert-OH is 1. The monoisotopic (exact) mass is 298 g/mol. The number of amides is 2. The first kappa shape index (κ1) is 15.1. The Labute approximate surface area is 122 Å². The molecule has 1 unspecified atom stereocenters. The van der Waals surface area contributed by atoms with Gasteiger partial charge in [-0.1, -0.05) is 0 Å². The van der Waals surface area contributed by atoms with Crippen molar-refractivity contribution in [1.29, 1.82) is 0 Å². The van der Waals surface area contributed by atoms with E-state index in [1.807, 2.05) is 6.92 Å². The molecular formula is C14H19FN2O2S. The normalized spacial score (nSPS) is 17.4. The lowest BCUT2D eigenvalue weighted by Gasteiger charge is -2.29. The van der Waals surface area contributed by atoms with Crippen molar-refractivity contribution < 1.29 is 14.3 Å². The molecule has 0 saturated carbocycles. The summed E-state index contributed by atoms with van der Waals surface area (Å²) in [7, 11) is 0. The maximum atomic E-state index is 13.4. The molecule has 0 saturated heterocycles. The summed E-state index contributed by atoms with van der Waals surface area (Å²) in [5.41, 5.74) is 0.842. The van der Waals surface area contributed by atoms with E-state index in [9.17, 15) is 9.18 Å². The summed E-state index contributed by atoms with van der Waals surface area (Å²) in [5.74, 6) is 0.614. The largest absolute Gasteiger partial charge is 0.395 e. The van der Waals surface area contributed by atoms with Gasteiger partial charge in [-0.2, -0.15) is 0 Å². The molecule has 2 rings (SSSR count). The van der Waals surface area contributed by atoms with Crippen LogP contribution in [0.15, 0.2) is 23.1 Å². The molecule has 20 heavy (non-hydrogen) atoms. The van der Waals surface area contributed by atoms with Crippen molar-refractivity contribution in [2.45, 2.75) is 24.3 Å². The van der Waals surface area contributed by atoms with E-state index in [0.29, 0.717) is 13.1 Å². The molecule has 2 amide bonds. The van der Waals surface area contributed by atoms with Crippen molar-refractivity contribution in [2.24, 2.45) is 0 Å². The standard InChI is InChI=1S/C14H19FN2O2S/c1-2-17(6-7-18)14(19)16-12-5-8-20-13-4-3-10(15)9-11(12)13/h3-4,9,12,18H,2,5-8H2,1H3,(H,16,19). The zero-order valence-corrected chi connectivity index (χ0v) is 12.3. The van der Waals surface area contributed by atoms with Gasteiger partial charge in [0.25, 0.3) is 0 Å². The van der Waals surface area contributed by atoms with Gasteiger partial charge in [-0.25, -0.2) is 9.18 Å². The van der Waals surface area contributed by atoms with Gasteiger partial charge < -0.3 is 15.3 Å². The molecule has 1 aromatic rings. The Morgan fingerprint density at radius 3 is 3.10 bits per heavy atom. The van der Waals surface area contributed by atoms with E-state index in [4.69, 9.17) is 5.11 Å². The molecule has 0 bridgehead atoms. The van der Waals surface area contributed by atoms with Gasteiger partial charge in [0, 0.05) is 23.7 Å². The van der Waals surface area contributed by atoms with Gasteiger partial charge in [0.2, 0.25) is 0 Å². The van der Waals surface area contributed by atoms with Crippen LogP contribution in [0.4, 0.5) is 9.18 Å². The number of aliphatic hydroxyl groups is 1. The van der Waals surface area contributed by atoms with Crippen molar-refractivity contribution in [3.05, 3.63) is 29.6 Å². The van der Waals surface area contributed by atoms with Crippen LogP contribution < -0.4 is 5.32 Å². The average Bonchev–Trinajstić information content (AvgIpc) is 2.45. The molecule has 110 valence electrons. The summed E-state index contributed by atoms with van der Waals surface area (Å²) in [5, 5.41) is 11.9. The van der Waals surface area contributed by atoms with Gasteiger partial charge in [-0.05, 0) is 37.1 Å². The Hall–Kier alpha value is -1.27. The highest BCUT2D eigenvalue weighted by atomic mass is 32.2. The number of urea groups is 1. The summed E-state index contributed by atoms with van der Waals surface area (Å²) in [6.07, 6.45) is 0.781. The van der Waals surface area contributed by atoms with Gasteiger partial charge in [0.1, 0.15) is 5.82 Å². The number of carbonyl (C=O) groups excluding carboxylic acids is 1. The highest BCUT2D eigenvalue weighted by Gasteiger charge is 2.24. The number of thioether (sulfide) groups is 1. The molecule has 1 aliphatic heterocycles. The molecule has 1 atom stereocenters. The van der Waals surface area contributed by atoms with Crippen LogP contribution >= 0.6 is 11.8 Å². The van der Waals surface area contributed by atoms with Gasteiger partial charge in [-0.15, -0.1) is 11.8 Å². The second-order valence-electron chi connectivity index (χ2n) is 4.62. The quantitative estimate of drug-likeness (QED) is 0.897. The third kappa shape index (κ3) is 3.43. The van der Waals surface area contributed by atoms with Crippen molar-refractivity contribution in [3.8, 4) is 0 Å². The summed E-state index contributed by atoms with van der Waals surface area (Å²) >= 11 is 1.68. The van der Waals surface area contributed by atoms with Crippen LogP contribution in [0.5, 0.6) is 0 Å². The zero-order valence-electron chi connectivity index (χ0n) is 11.4. The summed E-state index contributed by atoms with van der Waals surface area (Å²) in [6.45, 7) is 2.64. The minimum atomic E-state index is -0.284. The highest BCUT2D eigenvalue weighted by Crippen LogP contribution is 2.36. The number of halogens is 1. The van der Waals surface area contributed by atoms with Crippen molar-refractivity contribution in [3.63, 3.8) is 0 Å². The van der Waals surface area contributed by atoms with Crippen LogP contribution in [0, 0.1) is 5.82 Å². The van der Waals surface area contributed by atoms with Gasteiger partial charge in [0.15, 0.2) is 0 Å². The Bertz CT molecular complexity index is 484. The molecule has 1 aliphatic rings. The molecule has 0 aliphatic carbocycles. The molecule has 2 N–H and O–H groups in total. The number of nitrogens with zero attached hydrogens (tertiary/aromatic N) is 1. The van der Waals surface area contributed by atoms with Gasteiger partial charge in [0.05, 0.1) is 12.6 Å². The first-order chi connectivity index (χ1) is 9.65. The summed E-state index contributed by atoms with van der Waals surface area (Å²) < 4.78 is 13.4. The van der Waals surface area contributed by atoms with Crippen LogP contribution in [-0.4, -0.2) is 41.5 Å². The highest BCUT2D eigenvalue weighted by molar-refractivity contribution is 7.99. The topological polar surface area (TPSA) is 52.6 Å². The molecule has 1 aromatic carbocycles. The maximum Gasteiger partial charge on any atom is 0.317 e. The second-order valence-corrected chi connectivity index (χ2v) is 5.76. The van der Waals surface area contributed by atoms with Crippen molar-refractivity contribution in [2.75, 3.05) is 25.4 Å². The minimum Gasteiger partial charge on any atom is -0.395 e. The molecule has 4 nitrogen and oxygen atoms in total. The number of carbonyl (C=O) groups is 1. The maximum absolute atomic E-state index is 13.4. The van der Waals surface area contributed by atoms with E-state index >= 15 is 0 Å². The predicted molar refractivity (Wildman–Crippen MR) is 77.3 cm³/mol. The fourth-order valence-electron chi connectivity index (χ4n) is 2.28. The van der Waals surface area contributed by atoms with E-state index in [1.54, 1.807) is 22.7 Å². The molecule has 0 aromatic heterocycles. The smallest absolute Gasteiger partial charge is 0.317 e. The van der Waals surface area contributed by atoms with E-state index in [2.05, 4.69) is 5.32 Å². The van der Waals surface area contributed by atoms with E-state index < -0.39 is 0 Å². The average molecular weight is 298 g/mol. The van der Waals surface area contributed by atoms with E-state index in [-0.39, 0.29) is 24.5 Å². The van der Waals surface area contributed by atoms with Crippen LogP contribution in [0.2, 0.25) is 0 Å². The fraction of sp³-hybridized carbons (Fsp3) is 0.500. The Morgan fingerprint density at radius 1 is 1.60 bits per heavy atom.